The number of ether oxygens (including phenoxy) is 3. The second-order valence-corrected chi connectivity index (χ2v) is 9.18. The van der Waals surface area contributed by atoms with Gasteiger partial charge in [-0.05, 0) is 48.4 Å². The van der Waals surface area contributed by atoms with E-state index in [9.17, 15) is 9.59 Å². The number of nitrogens with zero attached hydrogens (tertiary/aromatic N) is 2. The SMILES string of the molecule is COC(=O)C1=C(C)N=c2s/c(=C\c3ccc(Cl)c(Cl)c3)c(=O)n2[C@@H]1c1ccc(OC)c(OC)c1. The molecule has 1 atom stereocenters. The third-order valence-electron chi connectivity index (χ3n) is 5.39. The molecule has 0 spiro atoms. The Bertz CT molecular complexity index is 1510. The van der Waals surface area contributed by atoms with Gasteiger partial charge in [-0.15, -0.1) is 0 Å². The van der Waals surface area contributed by atoms with Crippen molar-refractivity contribution in [2.45, 2.75) is 13.0 Å². The molecule has 0 fully saturated rings. The maximum atomic E-state index is 13.6. The van der Waals surface area contributed by atoms with E-state index in [1.165, 1.54) is 37.2 Å². The van der Waals surface area contributed by atoms with Gasteiger partial charge >= 0.3 is 5.97 Å². The zero-order chi connectivity index (χ0) is 24.6. The van der Waals surface area contributed by atoms with E-state index in [2.05, 4.69) is 4.99 Å². The van der Waals surface area contributed by atoms with Crippen LogP contribution in [0.15, 0.2) is 57.5 Å². The summed E-state index contributed by atoms with van der Waals surface area (Å²) in [5.74, 6) is 0.426. The van der Waals surface area contributed by atoms with Gasteiger partial charge in [0.15, 0.2) is 16.3 Å². The van der Waals surface area contributed by atoms with Crippen molar-refractivity contribution in [1.82, 2.24) is 4.57 Å². The normalized spacial score (nSPS) is 15.6. The van der Waals surface area contributed by atoms with Crippen LogP contribution in [-0.4, -0.2) is 31.9 Å². The van der Waals surface area contributed by atoms with E-state index in [0.29, 0.717) is 47.7 Å². The molecule has 34 heavy (non-hydrogen) atoms. The van der Waals surface area contributed by atoms with E-state index in [-0.39, 0.29) is 11.1 Å². The number of rotatable bonds is 5. The minimum Gasteiger partial charge on any atom is -0.493 e. The van der Waals surface area contributed by atoms with Crippen molar-refractivity contribution >= 4 is 46.6 Å². The van der Waals surface area contributed by atoms with E-state index in [1.807, 2.05) is 0 Å². The lowest BCUT2D eigenvalue weighted by molar-refractivity contribution is -0.136. The second-order valence-electron chi connectivity index (χ2n) is 7.36. The van der Waals surface area contributed by atoms with Gasteiger partial charge in [0.1, 0.15) is 0 Å². The van der Waals surface area contributed by atoms with Gasteiger partial charge in [0, 0.05) is 0 Å². The number of esters is 1. The Morgan fingerprint density at radius 1 is 1.06 bits per heavy atom. The molecule has 0 N–H and O–H groups in total. The zero-order valence-electron chi connectivity index (χ0n) is 18.7. The molecule has 3 aromatic rings. The van der Waals surface area contributed by atoms with Gasteiger partial charge < -0.3 is 14.2 Å². The number of halogens is 2. The van der Waals surface area contributed by atoms with Gasteiger partial charge in [-0.1, -0.05) is 46.7 Å². The van der Waals surface area contributed by atoms with Crippen molar-refractivity contribution < 1.29 is 19.0 Å². The number of hydrogen-bond acceptors (Lipinski definition) is 7. The Balaban J connectivity index is 1.98. The lowest BCUT2D eigenvalue weighted by Gasteiger charge is -2.25. The van der Waals surface area contributed by atoms with Crippen LogP contribution in [0.2, 0.25) is 10.0 Å². The van der Waals surface area contributed by atoms with Crippen molar-refractivity contribution in [3.8, 4) is 11.5 Å². The van der Waals surface area contributed by atoms with E-state index in [4.69, 9.17) is 37.4 Å². The summed E-state index contributed by atoms with van der Waals surface area (Å²) in [6.45, 7) is 1.72. The zero-order valence-corrected chi connectivity index (χ0v) is 21.0. The molecule has 1 aliphatic rings. The van der Waals surface area contributed by atoms with Crippen molar-refractivity contribution in [3.63, 3.8) is 0 Å². The molecule has 0 radical (unpaired) electrons. The van der Waals surface area contributed by atoms with Gasteiger partial charge in [0.25, 0.3) is 5.56 Å². The molecule has 176 valence electrons. The molecule has 1 aromatic heterocycles. The van der Waals surface area contributed by atoms with Gasteiger partial charge in [-0.3, -0.25) is 9.36 Å². The maximum Gasteiger partial charge on any atom is 0.338 e. The fourth-order valence-corrected chi connectivity index (χ4v) is 5.14. The number of methoxy groups -OCH3 is 3. The van der Waals surface area contributed by atoms with E-state index in [0.717, 1.165) is 0 Å². The van der Waals surface area contributed by atoms with E-state index in [1.54, 1.807) is 49.4 Å². The number of hydrogen-bond donors (Lipinski definition) is 0. The Labute approximate surface area is 209 Å². The third kappa shape index (κ3) is 4.24. The van der Waals surface area contributed by atoms with Gasteiger partial charge in [0.05, 0.1) is 53.2 Å². The van der Waals surface area contributed by atoms with Crippen molar-refractivity contribution in [3.05, 3.63) is 88.5 Å². The lowest BCUT2D eigenvalue weighted by atomic mass is 9.95. The Morgan fingerprint density at radius 2 is 1.79 bits per heavy atom. The average molecular weight is 519 g/mol. The monoisotopic (exact) mass is 518 g/mol. The first-order chi connectivity index (χ1) is 16.3. The first-order valence-corrected chi connectivity index (χ1v) is 11.6. The number of thiazole rings is 1. The molecule has 0 aliphatic carbocycles. The number of fused-ring (bicyclic) bond motifs is 1. The highest BCUT2D eigenvalue weighted by Gasteiger charge is 2.33. The van der Waals surface area contributed by atoms with Crippen LogP contribution in [0.4, 0.5) is 0 Å². The molecule has 0 saturated carbocycles. The summed E-state index contributed by atoms with van der Waals surface area (Å²) < 4.78 is 17.7. The highest BCUT2D eigenvalue weighted by Crippen LogP contribution is 2.36. The molecule has 0 amide bonds. The number of benzene rings is 2. The molecule has 0 bridgehead atoms. The highest BCUT2D eigenvalue weighted by atomic mass is 35.5. The summed E-state index contributed by atoms with van der Waals surface area (Å²) in [5.41, 5.74) is 1.79. The summed E-state index contributed by atoms with van der Waals surface area (Å²) in [5, 5.41) is 0.808. The number of allylic oxidation sites excluding steroid dienone is 1. The van der Waals surface area contributed by atoms with Crippen molar-refractivity contribution in [1.29, 1.82) is 0 Å². The molecule has 0 unspecified atom stereocenters. The van der Waals surface area contributed by atoms with Crippen LogP contribution < -0.4 is 24.4 Å². The Kier molecular flexibility index (Phi) is 6.84. The topological polar surface area (TPSA) is 79.1 Å². The molecular formula is C24H20Cl2N2O5S. The van der Waals surface area contributed by atoms with Crippen LogP contribution in [0, 0.1) is 0 Å². The van der Waals surface area contributed by atoms with Crippen molar-refractivity contribution in [2.24, 2.45) is 4.99 Å². The van der Waals surface area contributed by atoms with Crippen LogP contribution in [0.1, 0.15) is 24.1 Å². The lowest BCUT2D eigenvalue weighted by Crippen LogP contribution is -2.39. The number of aromatic nitrogens is 1. The van der Waals surface area contributed by atoms with Crippen molar-refractivity contribution in [2.75, 3.05) is 21.3 Å². The third-order valence-corrected chi connectivity index (χ3v) is 7.11. The molecular weight excluding hydrogens is 499 g/mol. The average Bonchev–Trinajstić information content (AvgIpc) is 3.13. The fourth-order valence-electron chi connectivity index (χ4n) is 3.78. The summed E-state index contributed by atoms with van der Waals surface area (Å²) in [7, 11) is 4.35. The maximum absolute atomic E-state index is 13.6. The van der Waals surface area contributed by atoms with Crippen LogP contribution in [0.25, 0.3) is 6.08 Å². The van der Waals surface area contributed by atoms with Gasteiger partial charge in [-0.2, -0.15) is 0 Å². The predicted molar refractivity (Wildman–Crippen MR) is 132 cm³/mol. The second kappa shape index (κ2) is 9.66. The summed E-state index contributed by atoms with van der Waals surface area (Å²) in [4.78, 5) is 31.4. The van der Waals surface area contributed by atoms with Crippen LogP contribution in [0.5, 0.6) is 11.5 Å². The van der Waals surface area contributed by atoms with E-state index >= 15 is 0 Å². The number of carbonyl (C=O) groups is 1. The minimum atomic E-state index is -0.764. The van der Waals surface area contributed by atoms with Gasteiger partial charge in [0.2, 0.25) is 0 Å². The standard InChI is InChI=1S/C24H20Cl2N2O5S/c1-12-20(23(30)33-4)21(14-6-8-17(31-2)18(11-14)32-3)28-22(29)19(34-24(28)27-12)10-13-5-7-15(25)16(26)9-13/h5-11,21H,1-4H3/b19-10-/t21-/m1/s1. The van der Waals surface area contributed by atoms with Crippen LogP contribution in [0.3, 0.4) is 0 Å². The summed E-state index contributed by atoms with van der Waals surface area (Å²) in [6, 6.07) is 9.59. The molecule has 2 aromatic carbocycles. The highest BCUT2D eigenvalue weighted by molar-refractivity contribution is 7.07. The largest absolute Gasteiger partial charge is 0.493 e. The summed E-state index contributed by atoms with van der Waals surface area (Å²) >= 11 is 13.4. The first-order valence-electron chi connectivity index (χ1n) is 10.1. The van der Waals surface area contributed by atoms with E-state index < -0.39 is 12.0 Å². The molecule has 0 saturated heterocycles. The Morgan fingerprint density at radius 3 is 2.44 bits per heavy atom. The summed E-state index contributed by atoms with van der Waals surface area (Å²) in [6.07, 6.45) is 1.72. The molecule has 7 nitrogen and oxygen atoms in total. The molecule has 10 heteroatoms. The molecule has 2 heterocycles. The van der Waals surface area contributed by atoms with Gasteiger partial charge in [-0.25, -0.2) is 9.79 Å². The fraction of sp³-hybridized carbons (Fsp3) is 0.208. The predicted octanol–water partition coefficient (Wildman–Crippen LogP) is 3.73. The quantitative estimate of drug-likeness (QED) is 0.480. The van der Waals surface area contributed by atoms with Crippen LogP contribution >= 0.6 is 34.5 Å². The smallest absolute Gasteiger partial charge is 0.338 e. The number of carbonyl (C=O) groups excluding carboxylic acids is 1. The Hall–Kier alpha value is -3.07. The molecule has 4 rings (SSSR count). The first kappa shape index (κ1) is 24.1. The van der Waals surface area contributed by atoms with Crippen LogP contribution in [-0.2, 0) is 9.53 Å². The minimum absolute atomic E-state index is 0.267. The molecule has 1 aliphatic heterocycles.